The van der Waals surface area contributed by atoms with E-state index >= 15 is 0 Å². The van der Waals surface area contributed by atoms with Crippen LogP contribution in [-0.4, -0.2) is 47.7 Å². The molecule has 0 aromatic heterocycles. The van der Waals surface area contributed by atoms with Crippen molar-refractivity contribution in [2.45, 2.75) is 70.1 Å². The van der Waals surface area contributed by atoms with E-state index < -0.39 is 29.7 Å². The van der Waals surface area contributed by atoms with Gasteiger partial charge in [0.2, 0.25) is 5.91 Å². The van der Waals surface area contributed by atoms with Gasteiger partial charge in [-0.05, 0) is 57.1 Å². The molecule has 1 unspecified atom stereocenters. The van der Waals surface area contributed by atoms with Gasteiger partial charge in [0.1, 0.15) is 11.6 Å². The van der Waals surface area contributed by atoms with Crippen LogP contribution in [0.5, 0.6) is 0 Å². The molecule has 1 aliphatic carbocycles. The number of benzene rings is 1. The van der Waals surface area contributed by atoms with Crippen molar-refractivity contribution >= 4 is 23.5 Å². The number of nitrogens with one attached hydrogen (secondary N) is 2. The van der Waals surface area contributed by atoms with Gasteiger partial charge in [0.25, 0.3) is 0 Å². The topological polar surface area (TPSA) is 81.7 Å². The Hall–Kier alpha value is -1.93. The fraction of sp³-hybridized carbons (Fsp3) is 0.652. The quantitative estimate of drug-likeness (QED) is 0.498. The minimum atomic E-state index is -0.849. The van der Waals surface area contributed by atoms with E-state index in [-0.39, 0.29) is 40.9 Å². The Bertz CT molecular complexity index is 833. The van der Waals surface area contributed by atoms with E-state index in [4.69, 9.17) is 11.6 Å². The highest BCUT2D eigenvalue weighted by Gasteiger charge is 2.35. The second-order valence-corrected chi connectivity index (χ2v) is 9.57. The lowest BCUT2D eigenvalue weighted by Crippen LogP contribution is -2.51. The first kappa shape index (κ1) is 24.7. The summed E-state index contributed by atoms with van der Waals surface area (Å²) in [5.74, 6) is -2.68. The molecule has 1 aromatic carbocycles. The van der Waals surface area contributed by atoms with Gasteiger partial charge in [-0.25, -0.2) is 13.6 Å². The number of carbonyl (C=O) groups is 2. The first-order valence-corrected chi connectivity index (χ1v) is 11.7. The largest absolute Gasteiger partial charge is 0.393 e. The maximum atomic E-state index is 14.9. The van der Waals surface area contributed by atoms with E-state index in [1.807, 2.05) is 0 Å². The van der Waals surface area contributed by atoms with E-state index in [2.05, 4.69) is 10.6 Å². The standard InChI is InChI=1S/C23H32ClF2N3O3/c1-13(30)11-15(12-16-9-10-29(2)23(32)27-16)22(31)28-21(14-5-3-4-6-14)19-18(25)8-7-17(24)20(19)26/h7-8,13-16,21,30H,3-6,9-12H2,1-2H3,(H,27,32)(H,28,31)/t13-,15-,16?,21+/m1/s1. The molecule has 0 bridgehead atoms. The summed E-state index contributed by atoms with van der Waals surface area (Å²) in [6.07, 6.45) is 3.83. The predicted octanol–water partition coefficient (Wildman–Crippen LogP) is 4.16. The first-order chi connectivity index (χ1) is 15.2. The summed E-state index contributed by atoms with van der Waals surface area (Å²) >= 11 is 5.93. The van der Waals surface area contributed by atoms with Crippen LogP contribution in [-0.2, 0) is 4.79 Å². The predicted molar refractivity (Wildman–Crippen MR) is 118 cm³/mol. The van der Waals surface area contributed by atoms with Gasteiger partial charge in [-0.3, -0.25) is 4.79 Å². The third kappa shape index (κ3) is 5.90. The lowest BCUT2D eigenvalue weighted by molar-refractivity contribution is -0.127. The average Bonchev–Trinajstić information content (AvgIpc) is 3.26. The Morgan fingerprint density at radius 2 is 2.00 bits per heavy atom. The summed E-state index contributed by atoms with van der Waals surface area (Å²) in [5, 5.41) is 15.5. The summed E-state index contributed by atoms with van der Waals surface area (Å²) in [6, 6.07) is 1.03. The number of rotatable bonds is 8. The van der Waals surface area contributed by atoms with E-state index in [0.717, 1.165) is 31.7 Å². The van der Waals surface area contributed by atoms with Crippen LogP contribution in [0.15, 0.2) is 12.1 Å². The molecular weight excluding hydrogens is 440 g/mol. The van der Waals surface area contributed by atoms with Crippen molar-refractivity contribution in [3.05, 3.63) is 34.4 Å². The third-order valence-corrected chi connectivity index (χ3v) is 6.90. The Morgan fingerprint density at radius 1 is 1.31 bits per heavy atom. The monoisotopic (exact) mass is 471 g/mol. The van der Waals surface area contributed by atoms with Gasteiger partial charge in [0, 0.05) is 31.1 Å². The summed E-state index contributed by atoms with van der Waals surface area (Å²) in [7, 11) is 1.70. The number of hydrogen-bond donors (Lipinski definition) is 3. The van der Waals surface area contributed by atoms with Crippen LogP contribution in [0.2, 0.25) is 5.02 Å². The van der Waals surface area contributed by atoms with Gasteiger partial charge in [0.15, 0.2) is 0 Å². The van der Waals surface area contributed by atoms with Crippen LogP contribution < -0.4 is 10.6 Å². The number of aliphatic hydroxyl groups is 1. The van der Waals surface area contributed by atoms with Gasteiger partial charge >= 0.3 is 6.03 Å². The Kier molecular flexibility index (Phi) is 8.33. The van der Waals surface area contributed by atoms with Gasteiger partial charge < -0.3 is 20.6 Å². The van der Waals surface area contributed by atoms with Crippen LogP contribution in [0, 0.1) is 23.5 Å². The Labute approximate surface area is 192 Å². The van der Waals surface area contributed by atoms with Crippen LogP contribution in [0.25, 0.3) is 0 Å². The molecule has 1 heterocycles. The van der Waals surface area contributed by atoms with Crippen molar-refractivity contribution in [1.82, 2.24) is 15.5 Å². The lowest BCUT2D eigenvalue weighted by Gasteiger charge is -2.33. The highest BCUT2D eigenvalue weighted by Crippen LogP contribution is 2.39. The summed E-state index contributed by atoms with van der Waals surface area (Å²) in [6.45, 7) is 2.17. The summed E-state index contributed by atoms with van der Waals surface area (Å²) in [5.41, 5.74) is -0.207. The number of nitrogens with zero attached hydrogens (tertiary/aromatic N) is 1. The van der Waals surface area contributed by atoms with Crippen LogP contribution in [0.3, 0.4) is 0 Å². The minimum absolute atomic E-state index is 0.100. The maximum absolute atomic E-state index is 14.9. The fourth-order valence-electron chi connectivity index (χ4n) is 4.87. The number of hydrogen-bond acceptors (Lipinski definition) is 3. The van der Waals surface area contributed by atoms with Crippen LogP contribution >= 0.6 is 11.6 Å². The molecule has 9 heteroatoms. The van der Waals surface area contributed by atoms with Gasteiger partial charge in [0.05, 0.1) is 17.2 Å². The smallest absolute Gasteiger partial charge is 0.317 e. The molecule has 0 radical (unpaired) electrons. The van der Waals surface area contributed by atoms with Gasteiger partial charge in [-0.1, -0.05) is 24.4 Å². The van der Waals surface area contributed by atoms with Crippen LogP contribution in [0.4, 0.5) is 13.6 Å². The molecule has 2 aliphatic rings. The first-order valence-electron chi connectivity index (χ1n) is 11.3. The Morgan fingerprint density at radius 3 is 2.62 bits per heavy atom. The van der Waals surface area contributed by atoms with Crippen molar-refractivity contribution < 1.29 is 23.5 Å². The molecule has 178 valence electrons. The number of aliphatic hydroxyl groups excluding tert-OH is 1. The number of halogens is 3. The van der Waals surface area contributed by atoms with E-state index in [1.165, 1.54) is 6.07 Å². The Balaban J connectivity index is 1.82. The maximum Gasteiger partial charge on any atom is 0.317 e. The van der Waals surface area contributed by atoms with Crippen LogP contribution in [0.1, 0.15) is 63.5 Å². The van der Waals surface area contributed by atoms with Crippen molar-refractivity contribution in [1.29, 1.82) is 0 Å². The van der Waals surface area contributed by atoms with E-state index in [0.29, 0.717) is 19.4 Å². The van der Waals surface area contributed by atoms with Crippen molar-refractivity contribution in [2.75, 3.05) is 13.6 Å². The molecule has 1 saturated heterocycles. The normalized spacial score (nSPS) is 22.4. The molecule has 1 saturated carbocycles. The zero-order chi connectivity index (χ0) is 23.4. The zero-order valence-electron chi connectivity index (χ0n) is 18.5. The average molecular weight is 472 g/mol. The summed E-state index contributed by atoms with van der Waals surface area (Å²) in [4.78, 5) is 26.9. The molecule has 3 N–H and O–H groups in total. The number of urea groups is 1. The minimum Gasteiger partial charge on any atom is -0.393 e. The van der Waals surface area contributed by atoms with Gasteiger partial charge in [-0.15, -0.1) is 0 Å². The van der Waals surface area contributed by atoms with E-state index in [1.54, 1.807) is 18.9 Å². The SMILES string of the molecule is C[C@@H](O)C[C@H](CC1CCN(C)C(=O)N1)C(=O)N[C@H](c1c(F)ccc(Cl)c1F)C1CCCC1. The molecule has 32 heavy (non-hydrogen) atoms. The highest BCUT2D eigenvalue weighted by atomic mass is 35.5. The molecule has 1 aromatic rings. The molecule has 2 fully saturated rings. The molecule has 0 spiro atoms. The zero-order valence-corrected chi connectivity index (χ0v) is 19.3. The summed E-state index contributed by atoms with van der Waals surface area (Å²) < 4.78 is 29.6. The second kappa shape index (κ2) is 10.8. The molecule has 3 rings (SSSR count). The molecule has 4 atom stereocenters. The molecular formula is C23H32ClF2N3O3. The van der Waals surface area contributed by atoms with Crippen molar-refractivity contribution in [3.8, 4) is 0 Å². The molecule has 1 aliphatic heterocycles. The highest BCUT2D eigenvalue weighted by molar-refractivity contribution is 6.30. The van der Waals surface area contributed by atoms with Crippen molar-refractivity contribution in [2.24, 2.45) is 11.8 Å². The molecule has 3 amide bonds. The second-order valence-electron chi connectivity index (χ2n) is 9.16. The van der Waals surface area contributed by atoms with Crippen molar-refractivity contribution in [3.63, 3.8) is 0 Å². The number of carbonyl (C=O) groups excluding carboxylic acids is 2. The number of amides is 3. The van der Waals surface area contributed by atoms with Gasteiger partial charge in [-0.2, -0.15) is 0 Å². The lowest BCUT2D eigenvalue weighted by atomic mass is 9.87. The molecule has 6 nitrogen and oxygen atoms in total. The third-order valence-electron chi connectivity index (χ3n) is 6.61. The van der Waals surface area contributed by atoms with E-state index in [9.17, 15) is 23.5 Å². The fourth-order valence-corrected chi connectivity index (χ4v) is 5.03.